The molecule has 1 fully saturated rings. The van der Waals surface area contributed by atoms with Crippen LogP contribution in [0.25, 0.3) is 5.69 Å². The summed E-state index contributed by atoms with van der Waals surface area (Å²) in [4.78, 5) is 11.1. The number of amides is 2. The molecule has 1 heterocycles. The third-order valence-electron chi connectivity index (χ3n) is 3.74. The highest BCUT2D eigenvalue weighted by molar-refractivity contribution is 5.87. The van der Waals surface area contributed by atoms with E-state index in [0.717, 1.165) is 0 Å². The van der Waals surface area contributed by atoms with Gasteiger partial charge in [-0.1, -0.05) is 18.2 Å². The molecule has 1 aromatic carbocycles. The van der Waals surface area contributed by atoms with E-state index in [2.05, 4.69) is 10.4 Å². The lowest BCUT2D eigenvalue weighted by Gasteiger charge is -2.16. The molecule has 3 N–H and O–H groups in total. The van der Waals surface area contributed by atoms with Crippen LogP contribution >= 0.6 is 0 Å². The fourth-order valence-electron chi connectivity index (χ4n) is 2.41. The van der Waals surface area contributed by atoms with Crippen LogP contribution in [-0.4, -0.2) is 22.0 Å². The number of urea groups is 1. The maximum absolute atomic E-state index is 13.2. The molecule has 22 heavy (non-hydrogen) atoms. The number of halogens is 3. The zero-order chi connectivity index (χ0) is 16.0. The lowest BCUT2D eigenvalue weighted by molar-refractivity contribution is -0.161. The van der Waals surface area contributed by atoms with Crippen molar-refractivity contribution in [3.63, 3.8) is 0 Å². The number of carbonyl (C=O) groups excluding carboxylic acids is 1. The van der Waals surface area contributed by atoms with Crippen LogP contribution in [0.1, 0.15) is 18.5 Å². The first-order valence-corrected chi connectivity index (χ1v) is 6.63. The van der Waals surface area contributed by atoms with E-state index in [9.17, 15) is 18.0 Å². The van der Waals surface area contributed by atoms with Gasteiger partial charge in [0, 0.05) is 6.07 Å². The molecule has 1 aromatic heterocycles. The van der Waals surface area contributed by atoms with E-state index in [1.165, 1.54) is 10.7 Å². The fraction of sp³-hybridized carbons (Fsp3) is 0.286. The number of para-hydroxylation sites is 1. The van der Waals surface area contributed by atoms with Crippen molar-refractivity contribution in [2.24, 2.45) is 5.73 Å². The highest BCUT2D eigenvalue weighted by Crippen LogP contribution is 2.58. The number of nitrogens with one attached hydrogen (secondary N) is 1. The lowest BCUT2D eigenvalue weighted by atomic mass is 10.0. The number of nitrogens with two attached hydrogens (primary N) is 1. The second kappa shape index (κ2) is 4.75. The number of hydrogen-bond acceptors (Lipinski definition) is 2. The number of nitrogens with zero attached hydrogens (tertiary/aromatic N) is 2. The average molecular weight is 310 g/mol. The van der Waals surface area contributed by atoms with Gasteiger partial charge in [0.15, 0.2) is 0 Å². The molecule has 1 saturated carbocycles. The van der Waals surface area contributed by atoms with Crippen LogP contribution in [0.4, 0.5) is 23.8 Å². The van der Waals surface area contributed by atoms with Gasteiger partial charge >= 0.3 is 12.2 Å². The molecule has 5 nitrogen and oxygen atoms in total. The van der Waals surface area contributed by atoms with Gasteiger partial charge in [-0.2, -0.15) is 18.3 Å². The van der Waals surface area contributed by atoms with Crippen LogP contribution in [0, 0.1) is 0 Å². The smallest absolute Gasteiger partial charge is 0.351 e. The highest BCUT2D eigenvalue weighted by atomic mass is 19.4. The van der Waals surface area contributed by atoms with Crippen molar-refractivity contribution in [1.82, 2.24) is 9.78 Å². The molecule has 3 rings (SSSR count). The van der Waals surface area contributed by atoms with Crippen LogP contribution < -0.4 is 11.1 Å². The summed E-state index contributed by atoms with van der Waals surface area (Å²) in [6.07, 6.45) is -4.37. The van der Waals surface area contributed by atoms with Gasteiger partial charge in [-0.15, -0.1) is 0 Å². The number of hydrogen-bond donors (Lipinski definition) is 2. The van der Waals surface area contributed by atoms with Gasteiger partial charge in [-0.3, -0.25) is 5.32 Å². The highest BCUT2D eigenvalue weighted by Gasteiger charge is 2.65. The van der Waals surface area contributed by atoms with Crippen LogP contribution in [-0.2, 0) is 5.41 Å². The second-order valence-corrected chi connectivity index (χ2v) is 5.23. The first-order valence-electron chi connectivity index (χ1n) is 6.63. The first-order chi connectivity index (χ1) is 10.3. The SMILES string of the molecule is NC(=O)Nc1cc(C2(C(F)(F)F)CC2)nn1-c1ccccc1. The van der Waals surface area contributed by atoms with Gasteiger partial charge < -0.3 is 5.73 Å². The Kier molecular flexibility index (Phi) is 3.12. The van der Waals surface area contributed by atoms with Crippen molar-refractivity contribution >= 4 is 11.8 Å². The zero-order valence-corrected chi connectivity index (χ0v) is 11.4. The van der Waals surface area contributed by atoms with Crippen molar-refractivity contribution in [1.29, 1.82) is 0 Å². The minimum atomic E-state index is -4.37. The van der Waals surface area contributed by atoms with Crippen molar-refractivity contribution in [3.8, 4) is 5.69 Å². The molecule has 1 aliphatic carbocycles. The Hall–Kier alpha value is -2.51. The first kappa shape index (κ1) is 14.4. The predicted octanol–water partition coefficient (Wildman–Crippen LogP) is 2.96. The van der Waals surface area contributed by atoms with Gasteiger partial charge in [0.25, 0.3) is 0 Å². The van der Waals surface area contributed by atoms with Crippen LogP contribution in [0.2, 0.25) is 0 Å². The van der Waals surface area contributed by atoms with E-state index in [1.54, 1.807) is 30.3 Å². The Labute approximate surface area is 123 Å². The summed E-state index contributed by atoms with van der Waals surface area (Å²) < 4.78 is 40.9. The zero-order valence-electron chi connectivity index (χ0n) is 11.4. The standard InChI is InChI=1S/C14H13F3N4O/c15-14(16,17)13(6-7-13)10-8-11(19-12(18)22)21(20-10)9-4-2-1-3-5-9/h1-5,8H,6-7H2,(H3,18,19,22). The second-order valence-electron chi connectivity index (χ2n) is 5.23. The molecule has 0 aliphatic heterocycles. The molecule has 0 spiro atoms. The van der Waals surface area contributed by atoms with Crippen molar-refractivity contribution < 1.29 is 18.0 Å². The number of rotatable bonds is 3. The predicted molar refractivity (Wildman–Crippen MR) is 73.7 cm³/mol. The van der Waals surface area contributed by atoms with Crippen LogP contribution in [0.15, 0.2) is 36.4 Å². The maximum atomic E-state index is 13.2. The van der Waals surface area contributed by atoms with E-state index >= 15 is 0 Å². The molecular weight excluding hydrogens is 297 g/mol. The van der Waals surface area contributed by atoms with Gasteiger partial charge in [0.05, 0.1) is 11.4 Å². The van der Waals surface area contributed by atoms with Gasteiger partial charge in [-0.25, -0.2) is 9.48 Å². The quantitative estimate of drug-likeness (QED) is 0.914. The molecule has 0 unspecified atom stereocenters. The molecule has 0 saturated heterocycles. The summed E-state index contributed by atoms with van der Waals surface area (Å²) in [7, 11) is 0. The third kappa shape index (κ3) is 2.30. The van der Waals surface area contributed by atoms with E-state index in [1.807, 2.05) is 0 Å². The monoisotopic (exact) mass is 310 g/mol. The Balaban J connectivity index is 2.08. The van der Waals surface area contributed by atoms with Gasteiger partial charge in [0.2, 0.25) is 0 Å². The van der Waals surface area contributed by atoms with Crippen molar-refractivity contribution in [3.05, 3.63) is 42.1 Å². The van der Waals surface area contributed by atoms with Gasteiger partial charge in [-0.05, 0) is 25.0 Å². The van der Waals surface area contributed by atoms with Crippen molar-refractivity contribution in [2.75, 3.05) is 5.32 Å². The van der Waals surface area contributed by atoms with Crippen LogP contribution in [0.3, 0.4) is 0 Å². The topological polar surface area (TPSA) is 72.9 Å². The molecule has 2 amide bonds. The minimum absolute atomic E-state index is 0.00167. The molecule has 0 radical (unpaired) electrons. The molecular formula is C14H13F3N4O. The number of aromatic nitrogens is 2. The summed E-state index contributed by atoms with van der Waals surface area (Å²) in [5.41, 5.74) is 3.60. The summed E-state index contributed by atoms with van der Waals surface area (Å²) in [6.45, 7) is 0. The number of carbonyl (C=O) groups is 1. The Morgan fingerprint density at radius 2 is 1.91 bits per heavy atom. The van der Waals surface area contributed by atoms with E-state index in [0.29, 0.717) is 5.69 Å². The Morgan fingerprint density at radius 3 is 2.41 bits per heavy atom. The maximum Gasteiger partial charge on any atom is 0.400 e. The molecule has 1 aliphatic rings. The summed E-state index contributed by atoms with van der Waals surface area (Å²) in [6, 6.07) is 8.95. The van der Waals surface area contributed by atoms with E-state index in [-0.39, 0.29) is 24.4 Å². The average Bonchev–Trinajstić information content (AvgIpc) is 3.16. The normalized spacial score (nSPS) is 16.3. The van der Waals surface area contributed by atoms with Crippen LogP contribution in [0.5, 0.6) is 0 Å². The molecule has 0 bridgehead atoms. The molecule has 0 atom stereocenters. The van der Waals surface area contributed by atoms with Crippen molar-refractivity contribution in [2.45, 2.75) is 24.4 Å². The number of benzene rings is 1. The van der Waals surface area contributed by atoms with Gasteiger partial charge in [0.1, 0.15) is 11.2 Å². The largest absolute Gasteiger partial charge is 0.400 e. The summed E-state index contributed by atoms with van der Waals surface area (Å²) in [5, 5.41) is 6.38. The Morgan fingerprint density at radius 1 is 1.27 bits per heavy atom. The fourth-order valence-corrected chi connectivity index (χ4v) is 2.41. The molecule has 2 aromatic rings. The Bertz CT molecular complexity index is 705. The molecule has 8 heteroatoms. The minimum Gasteiger partial charge on any atom is -0.351 e. The van der Waals surface area contributed by atoms with E-state index in [4.69, 9.17) is 5.73 Å². The number of anilines is 1. The number of primary amides is 1. The lowest BCUT2D eigenvalue weighted by Crippen LogP contribution is -2.29. The van der Waals surface area contributed by atoms with E-state index < -0.39 is 17.6 Å². The third-order valence-corrected chi connectivity index (χ3v) is 3.74. The molecule has 116 valence electrons. The number of alkyl halides is 3. The summed E-state index contributed by atoms with van der Waals surface area (Å²) in [5.74, 6) is 0.115. The summed E-state index contributed by atoms with van der Waals surface area (Å²) >= 11 is 0.